The number of hydrogen-bond donors (Lipinski definition) is 2. The summed E-state index contributed by atoms with van der Waals surface area (Å²) in [6.07, 6.45) is 0. The minimum Gasteiger partial charge on any atom is -0.495 e. The Morgan fingerprint density at radius 1 is 1.20 bits per heavy atom. The van der Waals surface area contributed by atoms with E-state index >= 15 is 0 Å². The lowest BCUT2D eigenvalue weighted by molar-refractivity contribution is 0.416. The molecule has 0 atom stereocenters. The largest absolute Gasteiger partial charge is 0.495 e. The van der Waals surface area contributed by atoms with E-state index in [9.17, 15) is 12.8 Å². The molecule has 0 unspecified atom stereocenters. The van der Waals surface area contributed by atoms with Crippen LogP contribution in [0.1, 0.15) is 0 Å². The minimum absolute atomic E-state index is 0.0703. The zero-order valence-corrected chi connectivity index (χ0v) is 11.4. The maximum absolute atomic E-state index is 13.5. The van der Waals surface area contributed by atoms with Crippen LogP contribution in [0.5, 0.6) is 5.75 Å². The summed E-state index contributed by atoms with van der Waals surface area (Å²) in [7, 11) is -2.48. The van der Waals surface area contributed by atoms with Gasteiger partial charge in [-0.15, -0.1) is 0 Å². The molecule has 0 saturated carbocycles. The first kappa shape index (κ1) is 14.1. The van der Waals surface area contributed by atoms with Crippen molar-refractivity contribution in [2.75, 3.05) is 17.6 Å². The fourth-order valence-corrected chi connectivity index (χ4v) is 2.73. The fraction of sp³-hybridized carbons (Fsp3) is 0.0769. The van der Waals surface area contributed by atoms with Gasteiger partial charge in [0.25, 0.3) is 10.0 Å². The van der Waals surface area contributed by atoms with Crippen LogP contribution in [-0.2, 0) is 10.0 Å². The van der Waals surface area contributed by atoms with E-state index in [2.05, 4.69) is 4.72 Å². The summed E-state index contributed by atoms with van der Waals surface area (Å²) < 4.78 is 44.8. The first-order valence-electron chi connectivity index (χ1n) is 5.65. The third kappa shape index (κ3) is 2.83. The molecule has 0 heterocycles. The summed E-state index contributed by atoms with van der Waals surface area (Å²) in [5, 5.41) is 0. The van der Waals surface area contributed by atoms with Crippen LogP contribution in [-0.4, -0.2) is 15.5 Å². The van der Waals surface area contributed by atoms with Crippen molar-refractivity contribution in [2.24, 2.45) is 0 Å². The number of halogens is 1. The molecule has 5 nitrogen and oxygen atoms in total. The van der Waals surface area contributed by atoms with Gasteiger partial charge in [0.05, 0.1) is 23.4 Å². The molecule has 0 saturated heterocycles. The monoisotopic (exact) mass is 296 g/mol. The van der Waals surface area contributed by atoms with Crippen molar-refractivity contribution in [1.29, 1.82) is 0 Å². The van der Waals surface area contributed by atoms with Crippen molar-refractivity contribution in [1.82, 2.24) is 0 Å². The van der Waals surface area contributed by atoms with E-state index in [1.54, 1.807) is 0 Å². The maximum atomic E-state index is 13.5. The molecule has 0 spiro atoms. The molecule has 0 aliphatic heterocycles. The molecule has 106 valence electrons. The molecule has 2 aromatic carbocycles. The van der Waals surface area contributed by atoms with Crippen LogP contribution in [0.4, 0.5) is 15.8 Å². The van der Waals surface area contributed by atoms with Crippen LogP contribution < -0.4 is 15.2 Å². The van der Waals surface area contributed by atoms with Crippen molar-refractivity contribution < 1.29 is 17.5 Å². The first-order chi connectivity index (χ1) is 9.44. The van der Waals surface area contributed by atoms with E-state index in [0.717, 1.165) is 0 Å². The summed E-state index contributed by atoms with van der Waals surface area (Å²) in [5.41, 5.74) is 5.72. The second-order valence-corrected chi connectivity index (χ2v) is 5.67. The summed E-state index contributed by atoms with van der Waals surface area (Å²) >= 11 is 0. The number of nitrogens with two attached hydrogens (primary N) is 1. The standard InChI is InChI=1S/C13H13FN2O3S/c1-19-13-7-6-9(8-11(13)15)20(17,18)16-12-5-3-2-4-10(12)14/h2-8,16H,15H2,1H3. The predicted octanol–water partition coefficient (Wildman–Crippen LogP) is 2.22. The van der Waals surface area contributed by atoms with Gasteiger partial charge in [-0.1, -0.05) is 12.1 Å². The van der Waals surface area contributed by atoms with Gasteiger partial charge in [-0.2, -0.15) is 0 Å². The van der Waals surface area contributed by atoms with E-state index in [0.29, 0.717) is 5.75 Å². The Kier molecular flexibility index (Phi) is 3.80. The van der Waals surface area contributed by atoms with Crippen LogP contribution in [0.15, 0.2) is 47.4 Å². The molecule has 7 heteroatoms. The van der Waals surface area contributed by atoms with Crippen molar-refractivity contribution in [2.45, 2.75) is 4.90 Å². The second-order valence-electron chi connectivity index (χ2n) is 3.99. The molecule has 0 bridgehead atoms. The van der Waals surface area contributed by atoms with Crippen molar-refractivity contribution in [3.8, 4) is 5.75 Å². The second kappa shape index (κ2) is 5.38. The lowest BCUT2D eigenvalue weighted by atomic mass is 10.3. The lowest BCUT2D eigenvalue weighted by Crippen LogP contribution is -2.14. The third-order valence-corrected chi connectivity index (χ3v) is 3.99. The molecule has 0 aliphatic carbocycles. The molecule has 20 heavy (non-hydrogen) atoms. The average Bonchev–Trinajstić information content (AvgIpc) is 2.41. The number of nitrogen functional groups attached to an aromatic ring is 1. The third-order valence-electron chi connectivity index (χ3n) is 2.63. The number of nitrogens with one attached hydrogen (secondary N) is 1. The number of sulfonamides is 1. The first-order valence-corrected chi connectivity index (χ1v) is 7.13. The summed E-state index contributed by atoms with van der Waals surface area (Å²) in [5.74, 6) is -0.285. The quantitative estimate of drug-likeness (QED) is 0.848. The Hall–Kier alpha value is -2.28. The fourth-order valence-electron chi connectivity index (χ4n) is 1.63. The number of para-hydroxylation sites is 1. The normalized spacial score (nSPS) is 11.1. The van der Waals surface area contributed by atoms with Gasteiger partial charge in [-0.3, -0.25) is 4.72 Å². The molecule has 0 amide bonds. The highest BCUT2D eigenvalue weighted by molar-refractivity contribution is 7.92. The Balaban J connectivity index is 2.36. The molecule has 3 N–H and O–H groups in total. The van der Waals surface area contributed by atoms with Gasteiger partial charge in [0.15, 0.2) is 0 Å². The van der Waals surface area contributed by atoms with Gasteiger partial charge in [-0.05, 0) is 30.3 Å². The van der Waals surface area contributed by atoms with Gasteiger partial charge >= 0.3 is 0 Å². The SMILES string of the molecule is COc1ccc(S(=O)(=O)Nc2ccccc2F)cc1N. The van der Waals surface area contributed by atoms with E-state index in [1.165, 1.54) is 49.6 Å². The van der Waals surface area contributed by atoms with Gasteiger partial charge in [0, 0.05) is 0 Å². The van der Waals surface area contributed by atoms with Crippen molar-refractivity contribution >= 4 is 21.4 Å². The molecular formula is C13H13FN2O3S. The summed E-state index contributed by atoms with van der Waals surface area (Å²) in [6, 6.07) is 9.52. The number of hydrogen-bond acceptors (Lipinski definition) is 4. The zero-order chi connectivity index (χ0) is 14.8. The average molecular weight is 296 g/mol. The molecule has 2 rings (SSSR count). The zero-order valence-electron chi connectivity index (χ0n) is 10.6. The molecule has 0 radical (unpaired) electrons. The smallest absolute Gasteiger partial charge is 0.262 e. The minimum atomic E-state index is -3.91. The van der Waals surface area contributed by atoms with Gasteiger partial charge in [0.2, 0.25) is 0 Å². The van der Waals surface area contributed by atoms with Crippen molar-refractivity contribution in [3.05, 3.63) is 48.3 Å². The molecule has 2 aromatic rings. The van der Waals surface area contributed by atoms with Crippen LogP contribution in [0.2, 0.25) is 0 Å². The Morgan fingerprint density at radius 3 is 2.50 bits per heavy atom. The van der Waals surface area contributed by atoms with Crippen LogP contribution >= 0.6 is 0 Å². The Labute approximate surface area is 116 Å². The highest BCUT2D eigenvalue weighted by atomic mass is 32.2. The van der Waals surface area contributed by atoms with Crippen molar-refractivity contribution in [3.63, 3.8) is 0 Å². The van der Waals surface area contributed by atoms with E-state index in [-0.39, 0.29) is 16.3 Å². The Bertz CT molecular complexity index is 732. The topological polar surface area (TPSA) is 81.4 Å². The van der Waals surface area contributed by atoms with Crippen LogP contribution in [0.3, 0.4) is 0 Å². The maximum Gasteiger partial charge on any atom is 0.262 e. The Morgan fingerprint density at radius 2 is 1.90 bits per heavy atom. The number of ether oxygens (including phenoxy) is 1. The highest BCUT2D eigenvalue weighted by Gasteiger charge is 2.17. The lowest BCUT2D eigenvalue weighted by Gasteiger charge is -2.10. The molecular weight excluding hydrogens is 283 g/mol. The molecule has 0 aliphatic rings. The summed E-state index contributed by atoms with van der Waals surface area (Å²) in [6.45, 7) is 0. The van der Waals surface area contributed by atoms with E-state index in [1.807, 2.05) is 0 Å². The number of benzene rings is 2. The highest BCUT2D eigenvalue weighted by Crippen LogP contribution is 2.26. The van der Waals surface area contributed by atoms with E-state index < -0.39 is 15.8 Å². The molecule has 0 aromatic heterocycles. The number of methoxy groups -OCH3 is 1. The van der Waals surface area contributed by atoms with Crippen LogP contribution in [0, 0.1) is 5.82 Å². The predicted molar refractivity (Wildman–Crippen MR) is 74.6 cm³/mol. The molecule has 0 fully saturated rings. The summed E-state index contributed by atoms with van der Waals surface area (Å²) in [4.78, 5) is -0.0703. The van der Waals surface area contributed by atoms with E-state index in [4.69, 9.17) is 10.5 Å². The number of anilines is 2. The van der Waals surface area contributed by atoms with Gasteiger partial charge in [0.1, 0.15) is 11.6 Å². The van der Waals surface area contributed by atoms with Crippen LogP contribution in [0.25, 0.3) is 0 Å². The number of rotatable bonds is 4. The van der Waals surface area contributed by atoms with Gasteiger partial charge < -0.3 is 10.5 Å². The van der Waals surface area contributed by atoms with Gasteiger partial charge in [-0.25, -0.2) is 12.8 Å².